The molecule has 1 atom stereocenters. The number of benzene rings is 1. The molecule has 1 fully saturated rings. The molecule has 7 heteroatoms. The molecule has 1 aliphatic heterocycles. The van der Waals surface area contributed by atoms with Gasteiger partial charge in [-0.2, -0.15) is 0 Å². The van der Waals surface area contributed by atoms with Gasteiger partial charge in [0, 0.05) is 10.2 Å². The average Bonchev–Trinajstić information content (AvgIpc) is 2.77. The van der Waals surface area contributed by atoms with Crippen molar-refractivity contribution in [3.8, 4) is 0 Å². The van der Waals surface area contributed by atoms with E-state index in [9.17, 15) is 14.0 Å². The number of halogens is 2. The Balaban J connectivity index is 2.28. The van der Waals surface area contributed by atoms with E-state index in [0.717, 1.165) is 0 Å². The second-order valence-electron chi connectivity index (χ2n) is 3.75. The van der Waals surface area contributed by atoms with Gasteiger partial charge in [0.25, 0.3) is 5.91 Å². The van der Waals surface area contributed by atoms with E-state index in [1.54, 1.807) is 0 Å². The maximum Gasteiger partial charge on any atom is 0.327 e. The van der Waals surface area contributed by atoms with Crippen LogP contribution in [0.4, 0.5) is 4.39 Å². The topological polar surface area (TPSA) is 57.6 Å². The van der Waals surface area contributed by atoms with Crippen molar-refractivity contribution in [2.24, 2.45) is 0 Å². The lowest BCUT2D eigenvalue weighted by atomic mass is 10.1. The van der Waals surface area contributed by atoms with Gasteiger partial charge in [0.05, 0.1) is 11.4 Å². The summed E-state index contributed by atoms with van der Waals surface area (Å²) >= 11 is 4.50. The third-order valence-electron chi connectivity index (χ3n) is 2.59. The van der Waals surface area contributed by atoms with Gasteiger partial charge in [-0.25, -0.2) is 9.18 Å². The van der Waals surface area contributed by atoms with E-state index >= 15 is 0 Å². The maximum absolute atomic E-state index is 12.9. The molecule has 4 nitrogen and oxygen atoms in total. The lowest BCUT2D eigenvalue weighted by Crippen LogP contribution is -2.41. The van der Waals surface area contributed by atoms with Crippen molar-refractivity contribution in [1.29, 1.82) is 0 Å². The molecule has 1 heterocycles. The number of carboxylic acids is 1. The first kappa shape index (κ1) is 13.4. The summed E-state index contributed by atoms with van der Waals surface area (Å²) in [6.07, 6.45) is 0. The van der Waals surface area contributed by atoms with Crippen molar-refractivity contribution in [3.05, 3.63) is 34.1 Å². The summed E-state index contributed by atoms with van der Waals surface area (Å²) in [5.41, 5.74) is 0.269. The normalized spacial score (nSPS) is 19.0. The highest BCUT2D eigenvalue weighted by Gasteiger charge is 2.35. The van der Waals surface area contributed by atoms with E-state index in [-0.39, 0.29) is 5.56 Å². The van der Waals surface area contributed by atoms with Crippen LogP contribution in [0.1, 0.15) is 10.4 Å². The summed E-state index contributed by atoms with van der Waals surface area (Å²) < 4.78 is 13.3. The molecule has 1 amide bonds. The minimum Gasteiger partial charge on any atom is -0.480 e. The minimum atomic E-state index is -1.02. The Bertz CT molecular complexity index is 511. The molecule has 2 rings (SSSR count). The second-order valence-corrected chi connectivity index (χ2v) is 5.61. The van der Waals surface area contributed by atoms with Gasteiger partial charge in [0.15, 0.2) is 0 Å². The van der Waals surface area contributed by atoms with E-state index in [1.165, 1.54) is 34.9 Å². The molecule has 96 valence electrons. The molecule has 1 aliphatic rings. The van der Waals surface area contributed by atoms with Crippen LogP contribution in [-0.2, 0) is 4.79 Å². The fraction of sp³-hybridized carbons (Fsp3) is 0.273. The van der Waals surface area contributed by atoms with Crippen LogP contribution in [0.25, 0.3) is 0 Å². The standard InChI is InChI=1S/C11H9BrFNO3S/c12-8-3-6(13)1-2-7(8)10(15)14-5-18-4-9(14)11(16)17/h1-3,9H,4-5H2,(H,16,17). The SMILES string of the molecule is O=C(O)C1CSCN1C(=O)c1ccc(F)cc1Br. The Morgan fingerprint density at radius 3 is 2.83 bits per heavy atom. The number of carboxylic acid groups (broad SMARTS) is 1. The molecule has 0 aromatic heterocycles. The predicted molar refractivity (Wildman–Crippen MR) is 69.0 cm³/mol. The first-order valence-corrected chi connectivity index (χ1v) is 7.02. The number of amides is 1. The molecule has 0 saturated carbocycles. The summed E-state index contributed by atoms with van der Waals surface area (Å²) in [6, 6.07) is 2.90. The average molecular weight is 334 g/mol. The van der Waals surface area contributed by atoms with Crippen molar-refractivity contribution >= 4 is 39.6 Å². The smallest absolute Gasteiger partial charge is 0.327 e. The van der Waals surface area contributed by atoms with Crippen LogP contribution in [0.3, 0.4) is 0 Å². The number of hydrogen-bond acceptors (Lipinski definition) is 3. The van der Waals surface area contributed by atoms with Gasteiger partial charge in [0.2, 0.25) is 0 Å². The first-order chi connectivity index (χ1) is 8.50. The molecule has 1 N–H and O–H groups in total. The molecule has 1 saturated heterocycles. The van der Waals surface area contributed by atoms with E-state index in [2.05, 4.69) is 15.9 Å². The van der Waals surface area contributed by atoms with Gasteiger partial charge in [-0.3, -0.25) is 4.79 Å². The third-order valence-corrected chi connectivity index (χ3v) is 4.26. The van der Waals surface area contributed by atoms with Crippen molar-refractivity contribution in [1.82, 2.24) is 4.90 Å². The zero-order chi connectivity index (χ0) is 13.3. The van der Waals surface area contributed by atoms with Gasteiger partial charge in [0.1, 0.15) is 11.9 Å². The molecule has 1 aromatic rings. The van der Waals surface area contributed by atoms with Gasteiger partial charge in [-0.05, 0) is 34.1 Å². The van der Waals surface area contributed by atoms with Crippen molar-refractivity contribution < 1.29 is 19.1 Å². The van der Waals surface area contributed by atoms with E-state index in [1.807, 2.05) is 0 Å². The Kier molecular flexibility index (Phi) is 3.91. The van der Waals surface area contributed by atoms with Gasteiger partial charge >= 0.3 is 5.97 Å². The highest BCUT2D eigenvalue weighted by molar-refractivity contribution is 9.10. The van der Waals surface area contributed by atoms with Crippen LogP contribution in [0.5, 0.6) is 0 Å². The summed E-state index contributed by atoms with van der Waals surface area (Å²) in [6.45, 7) is 0. The number of aliphatic carboxylic acids is 1. The highest BCUT2D eigenvalue weighted by Crippen LogP contribution is 2.26. The van der Waals surface area contributed by atoms with Crippen LogP contribution in [-0.4, -0.2) is 39.6 Å². The minimum absolute atomic E-state index is 0.269. The molecular weight excluding hydrogens is 325 g/mol. The Labute approximate surface area is 115 Å². The molecule has 0 bridgehead atoms. The van der Waals surface area contributed by atoms with E-state index in [4.69, 9.17) is 5.11 Å². The van der Waals surface area contributed by atoms with Gasteiger partial charge in [-0.1, -0.05) is 0 Å². The molecule has 0 aliphatic carbocycles. The number of carbonyl (C=O) groups is 2. The first-order valence-electron chi connectivity index (χ1n) is 5.07. The fourth-order valence-corrected chi connectivity index (χ4v) is 3.33. The molecule has 0 radical (unpaired) electrons. The van der Waals surface area contributed by atoms with E-state index in [0.29, 0.717) is 16.1 Å². The Morgan fingerprint density at radius 2 is 2.22 bits per heavy atom. The van der Waals surface area contributed by atoms with Crippen LogP contribution in [0.2, 0.25) is 0 Å². The fourth-order valence-electron chi connectivity index (χ4n) is 1.67. The lowest BCUT2D eigenvalue weighted by Gasteiger charge is -2.21. The van der Waals surface area contributed by atoms with Crippen LogP contribution in [0.15, 0.2) is 22.7 Å². The monoisotopic (exact) mass is 333 g/mol. The Morgan fingerprint density at radius 1 is 1.50 bits per heavy atom. The maximum atomic E-state index is 12.9. The lowest BCUT2D eigenvalue weighted by molar-refractivity contribution is -0.140. The van der Waals surface area contributed by atoms with Crippen LogP contribution in [0, 0.1) is 5.82 Å². The summed E-state index contributed by atoms with van der Waals surface area (Å²) in [5.74, 6) is -1.17. The zero-order valence-electron chi connectivity index (χ0n) is 9.10. The number of carbonyl (C=O) groups excluding carboxylic acids is 1. The number of rotatable bonds is 2. The molecule has 1 unspecified atom stereocenters. The molecule has 18 heavy (non-hydrogen) atoms. The van der Waals surface area contributed by atoms with Gasteiger partial charge in [-0.15, -0.1) is 11.8 Å². The van der Waals surface area contributed by atoms with Gasteiger partial charge < -0.3 is 10.0 Å². The van der Waals surface area contributed by atoms with Crippen molar-refractivity contribution in [3.63, 3.8) is 0 Å². The zero-order valence-corrected chi connectivity index (χ0v) is 11.5. The van der Waals surface area contributed by atoms with E-state index < -0.39 is 23.7 Å². The quantitative estimate of drug-likeness (QED) is 0.901. The molecular formula is C11H9BrFNO3S. The van der Waals surface area contributed by atoms with Crippen LogP contribution >= 0.6 is 27.7 Å². The molecule has 1 aromatic carbocycles. The number of hydrogen-bond donors (Lipinski definition) is 1. The third kappa shape index (κ3) is 2.51. The molecule has 0 spiro atoms. The largest absolute Gasteiger partial charge is 0.480 e. The van der Waals surface area contributed by atoms with Crippen LogP contribution < -0.4 is 0 Å². The summed E-state index contributed by atoms with van der Waals surface area (Å²) in [5, 5.41) is 9.01. The predicted octanol–water partition coefficient (Wildman–Crippen LogP) is 2.19. The Hall–Kier alpha value is -1.08. The summed E-state index contributed by atoms with van der Waals surface area (Å²) in [7, 11) is 0. The highest BCUT2D eigenvalue weighted by atomic mass is 79.9. The summed E-state index contributed by atoms with van der Waals surface area (Å²) in [4.78, 5) is 24.5. The number of thioether (sulfide) groups is 1. The van der Waals surface area contributed by atoms with Crippen molar-refractivity contribution in [2.45, 2.75) is 6.04 Å². The second kappa shape index (κ2) is 5.27. The number of nitrogens with zero attached hydrogens (tertiary/aromatic N) is 1. The van der Waals surface area contributed by atoms with Crippen molar-refractivity contribution in [2.75, 3.05) is 11.6 Å².